The van der Waals surface area contributed by atoms with Crippen LogP contribution >= 0.6 is 11.3 Å². The molecule has 4 heteroatoms. The molecule has 0 saturated carbocycles. The van der Waals surface area contributed by atoms with E-state index in [9.17, 15) is 0 Å². The van der Waals surface area contributed by atoms with Crippen LogP contribution in [0.15, 0.2) is 221 Å². The van der Waals surface area contributed by atoms with Crippen molar-refractivity contribution in [2.75, 3.05) is 4.90 Å². The summed E-state index contributed by atoms with van der Waals surface area (Å²) in [5, 5.41) is 9.47. The van der Waals surface area contributed by atoms with Crippen LogP contribution in [0.2, 0.25) is 0 Å². The number of rotatable bonds is 6. The summed E-state index contributed by atoms with van der Waals surface area (Å²) < 4.78 is 15.4. The number of nitrogens with zero attached hydrogens (tertiary/aromatic N) is 1. The van der Waals surface area contributed by atoms with E-state index >= 15 is 0 Å². The van der Waals surface area contributed by atoms with E-state index in [1.807, 2.05) is 23.5 Å². The van der Waals surface area contributed by atoms with Gasteiger partial charge in [-0.05, 0) is 118 Å². The molecule has 0 amide bonds. The molecule has 0 saturated heterocycles. The van der Waals surface area contributed by atoms with Crippen LogP contribution in [0.1, 0.15) is 0 Å². The molecule has 62 heavy (non-hydrogen) atoms. The van der Waals surface area contributed by atoms with E-state index in [-0.39, 0.29) is 0 Å². The summed E-state index contributed by atoms with van der Waals surface area (Å²) in [4.78, 5) is 2.35. The monoisotopic (exact) mass is 809 g/mol. The van der Waals surface area contributed by atoms with E-state index < -0.39 is 0 Å². The van der Waals surface area contributed by atoms with Crippen LogP contribution in [-0.4, -0.2) is 0 Å². The van der Waals surface area contributed by atoms with Crippen molar-refractivity contribution < 1.29 is 8.83 Å². The van der Waals surface area contributed by atoms with Crippen LogP contribution < -0.4 is 4.90 Å². The molecule has 0 radical (unpaired) electrons. The highest BCUT2D eigenvalue weighted by molar-refractivity contribution is 7.25. The molecular weight excluding hydrogens is 775 g/mol. The lowest BCUT2D eigenvalue weighted by atomic mass is 9.97. The fourth-order valence-corrected chi connectivity index (χ4v) is 10.7. The molecule has 0 aliphatic carbocycles. The van der Waals surface area contributed by atoms with E-state index in [0.717, 1.165) is 88.6 Å². The molecule has 0 fully saturated rings. The second kappa shape index (κ2) is 13.8. The number of hydrogen-bond donors (Lipinski definition) is 0. The first-order chi connectivity index (χ1) is 30.7. The van der Waals surface area contributed by atoms with Gasteiger partial charge in [0.2, 0.25) is 0 Å². The van der Waals surface area contributed by atoms with Gasteiger partial charge in [0.05, 0.1) is 0 Å². The SMILES string of the molecule is c1ccc2c(c1)ccc1c2oc2cccc(-c3ccc(N(c4ccc(-c5ccc6c(c5)oc5ccccc56)cc4)c4ccc(-c5cccc6sc7ccccc7c56)cc4)cc3)c21. The number of benzene rings is 10. The number of anilines is 3. The zero-order chi connectivity index (χ0) is 40.7. The number of hydrogen-bond acceptors (Lipinski definition) is 4. The third kappa shape index (κ3) is 5.51. The highest BCUT2D eigenvalue weighted by atomic mass is 32.1. The molecule has 13 rings (SSSR count). The van der Waals surface area contributed by atoms with Crippen molar-refractivity contribution in [1.29, 1.82) is 0 Å². The Bertz CT molecular complexity index is 3850. The van der Waals surface area contributed by atoms with Crippen molar-refractivity contribution >= 4 is 103 Å². The van der Waals surface area contributed by atoms with Crippen molar-refractivity contribution in [3.05, 3.63) is 212 Å². The third-order valence-electron chi connectivity index (χ3n) is 12.5. The number of para-hydroxylation sites is 1. The molecule has 3 nitrogen and oxygen atoms in total. The van der Waals surface area contributed by atoms with Gasteiger partial charge >= 0.3 is 0 Å². The highest BCUT2D eigenvalue weighted by Crippen LogP contribution is 2.44. The molecule has 0 N–H and O–H groups in total. The van der Waals surface area contributed by atoms with E-state index in [2.05, 4.69) is 205 Å². The van der Waals surface area contributed by atoms with Crippen LogP contribution in [0.25, 0.3) is 108 Å². The minimum Gasteiger partial charge on any atom is -0.456 e. The number of furan rings is 2. The van der Waals surface area contributed by atoms with Crippen LogP contribution in [0.4, 0.5) is 17.1 Å². The van der Waals surface area contributed by atoms with Gasteiger partial charge in [0.25, 0.3) is 0 Å². The average Bonchev–Trinajstić information content (AvgIpc) is 4.04. The fourth-order valence-electron chi connectivity index (χ4n) is 9.55. The second-order valence-electron chi connectivity index (χ2n) is 16.0. The standard InChI is InChI=1S/C58H35NO2S/c1-2-10-46-37(9-1)25-34-50-56-44(13-7-16-52(56)61-58(46)50)38-21-29-42(30-22-38)59(41-27-19-36(20-28-41)40-26-33-48-47-11-3-5-15-51(47)60-53(48)35-40)43-31-23-39(24-32-43)45-14-8-18-55-57(45)49-12-4-6-17-54(49)62-55/h1-35H. The van der Waals surface area contributed by atoms with Gasteiger partial charge in [-0.15, -0.1) is 11.3 Å². The minimum atomic E-state index is 0.894. The van der Waals surface area contributed by atoms with Gasteiger partial charge in [-0.25, -0.2) is 0 Å². The molecule has 0 bridgehead atoms. The van der Waals surface area contributed by atoms with Crippen molar-refractivity contribution in [2.24, 2.45) is 0 Å². The third-order valence-corrected chi connectivity index (χ3v) is 13.6. The van der Waals surface area contributed by atoms with Gasteiger partial charge in [-0.3, -0.25) is 0 Å². The zero-order valence-corrected chi connectivity index (χ0v) is 34.2. The van der Waals surface area contributed by atoms with Gasteiger partial charge in [0, 0.05) is 64.2 Å². The lowest BCUT2D eigenvalue weighted by Crippen LogP contribution is -2.09. The lowest BCUT2D eigenvalue weighted by molar-refractivity contribution is 0.669. The van der Waals surface area contributed by atoms with Gasteiger partial charge in [0.1, 0.15) is 22.3 Å². The topological polar surface area (TPSA) is 29.5 Å². The Kier molecular flexibility index (Phi) is 7.78. The normalized spacial score (nSPS) is 11.9. The van der Waals surface area contributed by atoms with Gasteiger partial charge in [-0.1, -0.05) is 133 Å². The molecule has 13 aromatic rings. The molecular formula is C58H35NO2S. The summed E-state index contributed by atoms with van der Waals surface area (Å²) in [6.07, 6.45) is 0. The van der Waals surface area contributed by atoms with Crippen LogP contribution in [0, 0.1) is 0 Å². The fraction of sp³-hybridized carbons (Fsp3) is 0. The molecule has 0 unspecified atom stereocenters. The number of thiophene rings is 1. The van der Waals surface area contributed by atoms with E-state index in [1.54, 1.807) is 0 Å². The summed E-state index contributed by atoms with van der Waals surface area (Å²) >= 11 is 1.86. The maximum atomic E-state index is 6.55. The van der Waals surface area contributed by atoms with Crippen molar-refractivity contribution in [1.82, 2.24) is 0 Å². The van der Waals surface area contributed by atoms with Crippen molar-refractivity contribution in [3.63, 3.8) is 0 Å². The van der Waals surface area contributed by atoms with Gasteiger partial charge in [-0.2, -0.15) is 0 Å². The first-order valence-electron chi connectivity index (χ1n) is 21.0. The predicted molar refractivity (Wildman–Crippen MR) is 262 cm³/mol. The van der Waals surface area contributed by atoms with Gasteiger partial charge in [0.15, 0.2) is 0 Å². The molecule has 3 heterocycles. The molecule has 0 aliphatic rings. The van der Waals surface area contributed by atoms with E-state index in [0.29, 0.717) is 0 Å². The molecule has 0 atom stereocenters. The summed E-state index contributed by atoms with van der Waals surface area (Å²) in [6, 6.07) is 76.2. The zero-order valence-electron chi connectivity index (χ0n) is 33.4. The largest absolute Gasteiger partial charge is 0.456 e. The second-order valence-corrected chi connectivity index (χ2v) is 17.1. The Hall–Kier alpha value is -7.92. The minimum absolute atomic E-state index is 0.894. The Morgan fingerprint density at radius 2 is 0.871 bits per heavy atom. The first kappa shape index (κ1) is 34.9. The summed E-state index contributed by atoms with van der Waals surface area (Å²) in [5.41, 5.74) is 13.8. The van der Waals surface area contributed by atoms with E-state index in [4.69, 9.17) is 8.83 Å². The molecule has 290 valence electrons. The predicted octanol–water partition coefficient (Wildman–Crippen LogP) is 17.5. The highest BCUT2D eigenvalue weighted by Gasteiger charge is 2.18. The molecule has 0 spiro atoms. The van der Waals surface area contributed by atoms with Crippen molar-refractivity contribution in [2.45, 2.75) is 0 Å². The van der Waals surface area contributed by atoms with Crippen LogP contribution in [0.3, 0.4) is 0 Å². The first-order valence-corrected chi connectivity index (χ1v) is 21.8. The van der Waals surface area contributed by atoms with Gasteiger partial charge < -0.3 is 13.7 Å². The van der Waals surface area contributed by atoms with Crippen LogP contribution in [-0.2, 0) is 0 Å². The molecule has 0 aliphatic heterocycles. The Morgan fingerprint density at radius 3 is 1.63 bits per heavy atom. The van der Waals surface area contributed by atoms with Crippen molar-refractivity contribution in [3.8, 4) is 33.4 Å². The Balaban J connectivity index is 0.909. The number of fused-ring (bicyclic) bond motifs is 11. The summed E-state index contributed by atoms with van der Waals surface area (Å²) in [5.74, 6) is 0. The summed E-state index contributed by atoms with van der Waals surface area (Å²) in [7, 11) is 0. The Morgan fingerprint density at radius 1 is 0.323 bits per heavy atom. The lowest BCUT2D eigenvalue weighted by Gasteiger charge is -2.26. The molecule has 10 aromatic carbocycles. The maximum absolute atomic E-state index is 6.55. The molecule has 3 aromatic heterocycles. The quantitative estimate of drug-likeness (QED) is 0.168. The average molecular weight is 810 g/mol. The smallest absolute Gasteiger partial charge is 0.143 e. The summed E-state index contributed by atoms with van der Waals surface area (Å²) in [6.45, 7) is 0. The Labute approximate surface area is 360 Å². The van der Waals surface area contributed by atoms with Crippen LogP contribution in [0.5, 0.6) is 0 Å². The maximum Gasteiger partial charge on any atom is 0.143 e. The van der Waals surface area contributed by atoms with E-state index in [1.165, 1.54) is 36.7 Å².